The number of unbranched alkanes of at least 4 members (excludes halogenated alkanes) is 31. The Bertz CT molecular complexity index is 1400. The third-order valence-corrected chi connectivity index (χ3v) is 13.4. The van der Waals surface area contributed by atoms with Crippen molar-refractivity contribution < 1.29 is 28.6 Å². The molecule has 1 unspecified atom stereocenters. The minimum atomic E-state index is -0.784. The Morgan fingerprint density at radius 2 is 0.548 bits per heavy atom. The van der Waals surface area contributed by atoms with Crippen molar-refractivity contribution in [2.45, 2.75) is 309 Å². The van der Waals surface area contributed by atoms with Gasteiger partial charge in [-0.25, -0.2) is 0 Å². The topological polar surface area (TPSA) is 78.9 Å². The molecule has 0 amide bonds. The van der Waals surface area contributed by atoms with Crippen LogP contribution in [0.2, 0.25) is 0 Å². The predicted octanol–water partition coefficient (Wildman–Crippen LogP) is 21.1. The number of hydrogen-bond acceptors (Lipinski definition) is 6. The van der Waals surface area contributed by atoms with Crippen molar-refractivity contribution in [3.05, 3.63) is 85.1 Å². The van der Waals surface area contributed by atoms with Crippen molar-refractivity contribution in [2.24, 2.45) is 0 Å². The molecule has 0 N–H and O–H groups in total. The Labute approximate surface area is 452 Å². The predicted molar refractivity (Wildman–Crippen MR) is 316 cm³/mol. The fourth-order valence-corrected chi connectivity index (χ4v) is 8.72. The average molecular weight is 1020 g/mol. The van der Waals surface area contributed by atoms with Crippen LogP contribution in [0.4, 0.5) is 0 Å². The van der Waals surface area contributed by atoms with E-state index in [1.165, 1.54) is 148 Å². The van der Waals surface area contributed by atoms with Crippen LogP contribution in [0, 0.1) is 0 Å². The summed E-state index contributed by atoms with van der Waals surface area (Å²) in [6.07, 6.45) is 80.1. The molecule has 0 aromatic rings. The highest BCUT2D eigenvalue weighted by Crippen LogP contribution is 2.16. The zero-order valence-electron chi connectivity index (χ0n) is 48.1. The van der Waals surface area contributed by atoms with Gasteiger partial charge < -0.3 is 14.2 Å². The molecular weight excluding hydrogens is 901 g/mol. The van der Waals surface area contributed by atoms with Gasteiger partial charge in [0.25, 0.3) is 0 Å². The quantitative estimate of drug-likeness (QED) is 0.0261. The van der Waals surface area contributed by atoms with Gasteiger partial charge >= 0.3 is 17.9 Å². The fraction of sp³-hybridized carbons (Fsp3) is 0.746. The highest BCUT2D eigenvalue weighted by molar-refractivity contribution is 5.71. The molecule has 6 nitrogen and oxygen atoms in total. The van der Waals surface area contributed by atoms with E-state index >= 15 is 0 Å². The van der Waals surface area contributed by atoms with Gasteiger partial charge in [0, 0.05) is 19.3 Å². The first kappa shape index (κ1) is 69.6. The minimum Gasteiger partial charge on any atom is -0.462 e. The Morgan fingerprint density at radius 3 is 0.877 bits per heavy atom. The second-order valence-electron chi connectivity index (χ2n) is 20.6. The Morgan fingerprint density at radius 1 is 0.288 bits per heavy atom. The van der Waals surface area contributed by atoms with Gasteiger partial charge in [-0.1, -0.05) is 279 Å². The summed E-state index contributed by atoms with van der Waals surface area (Å²) in [6.45, 7) is 6.50. The first-order valence-corrected chi connectivity index (χ1v) is 31.1. The maximum Gasteiger partial charge on any atom is 0.306 e. The molecule has 0 radical (unpaired) electrons. The highest BCUT2D eigenvalue weighted by Gasteiger charge is 2.19. The number of rotatable bonds is 56. The summed E-state index contributed by atoms with van der Waals surface area (Å²) in [6, 6.07) is 0. The van der Waals surface area contributed by atoms with Crippen LogP contribution >= 0.6 is 0 Å². The van der Waals surface area contributed by atoms with E-state index in [1.54, 1.807) is 0 Å². The average Bonchev–Trinajstić information content (AvgIpc) is 3.39. The molecular formula is C67H116O6. The van der Waals surface area contributed by atoms with Crippen LogP contribution in [0.1, 0.15) is 303 Å². The standard InChI is InChI=1S/C67H116O6/c1-4-7-10-13-16-19-22-25-28-30-31-32-33-34-35-36-37-38-40-42-45-48-51-54-57-60-66(69)72-63-64(62-71-65(68)59-56-53-50-47-44-41-27-24-21-18-15-12-9-6-3)73-67(70)61-58-55-52-49-46-43-39-29-26-23-20-17-14-11-8-5-2/h7,10,15-16,18-19,24-25,27-28,31-32,34-35,64H,4-6,8-9,11-14,17,20-23,26,29-30,33,36-63H2,1-3H3/b10-7-,18-15-,19-16-,27-24-,28-25-,32-31-,35-34-. The number of carbonyl (C=O) groups is 3. The van der Waals surface area contributed by atoms with E-state index in [4.69, 9.17) is 14.2 Å². The van der Waals surface area contributed by atoms with Crippen LogP contribution in [0.5, 0.6) is 0 Å². The lowest BCUT2D eigenvalue weighted by Gasteiger charge is -2.18. The van der Waals surface area contributed by atoms with Crippen LogP contribution < -0.4 is 0 Å². The monoisotopic (exact) mass is 1020 g/mol. The molecule has 0 aliphatic carbocycles. The van der Waals surface area contributed by atoms with E-state index in [2.05, 4.69) is 106 Å². The lowest BCUT2D eigenvalue weighted by Crippen LogP contribution is -2.30. The van der Waals surface area contributed by atoms with Crippen molar-refractivity contribution >= 4 is 17.9 Å². The van der Waals surface area contributed by atoms with E-state index in [-0.39, 0.29) is 31.1 Å². The molecule has 0 rings (SSSR count). The first-order valence-electron chi connectivity index (χ1n) is 31.1. The van der Waals surface area contributed by atoms with Gasteiger partial charge in [0.15, 0.2) is 6.10 Å². The number of esters is 3. The second kappa shape index (κ2) is 61.1. The van der Waals surface area contributed by atoms with E-state index < -0.39 is 6.10 Å². The Balaban J connectivity index is 4.33. The zero-order valence-corrected chi connectivity index (χ0v) is 48.1. The Kier molecular flexibility index (Phi) is 58.3. The lowest BCUT2D eigenvalue weighted by molar-refractivity contribution is -0.167. The van der Waals surface area contributed by atoms with E-state index in [9.17, 15) is 14.4 Å². The fourth-order valence-electron chi connectivity index (χ4n) is 8.72. The van der Waals surface area contributed by atoms with Crippen LogP contribution in [0.15, 0.2) is 85.1 Å². The van der Waals surface area contributed by atoms with Gasteiger partial charge in [-0.3, -0.25) is 14.4 Å². The van der Waals surface area contributed by atoms with Crippen LogP contribution in [-0.4, -0.2) is 37.2 Å². The summed E-state index contributed by atoms with van der Waals surface area (Å²) >= 11 is 0. The van der Waals surface area contributed by atoms with E-state index in [0.717, 1.165) is 116 Å². The normalized spacial score (nSPS) is 12.6. The zero-order chi connectivity index (χ0) is 52.9. The third kappa shape index (κ3) is 59.3. The van der Waals surface area contributed by atoms with Crippen LogP contribution in [0.3, 0.4) is 0 Å². The maximum absolute atomic E-state index is 12.9. The van der Waals surface area contributed by atoms with Crippen molar-refractivity contribution in [3.8, 4) is 0 Å². The molecule has 1 atom stereocenters. The molecule has 420 valence electrons. The summed E-state index contributed by atoms with van der Waals surface area (Å²) in [7, 11) is 0. The van der Waals surface area contributed by atoms with Crippen molar-refractivity contribution in [3.63, 3.8) is 0 Å². The minimum absolute atomic E-state index is 0.0819. The third-order valence-electron chi connectivity index (χ3n) is 13.4. The molecule has 0 aromatic carbocycles. The van der Waals surface area contributed by atoms with Gasteiger partial charge in [0.2, 0.25) is 0 Å². The van der Waals surface area contributed by atoms with E-state index in [0.29, 0.717) is 19.3 Å². The van der Waals surface area contributed by atoms with Gasteiger partial charge in [-0.05, 0) is 89.9 Å². The molecule has 0 heterocycles. The molecule has 0 aliphatic heterocycles. The molecule has 0 saturated carbocycles. The summed E-state index contributed by atoms with van der Waals surface area (Å²) < 4.78 is 16.9. The maximum atomic E-state index is 12.9. The number of ether oxygens (including phenoxy) is 3. The molecule has 0 saturated heterocycles. The number of allylic oxidation sites excluding steroid dienone is 14. The molecule has 0 aromatic heterocycles. The summed E-state index contributed by atoms with van der Waals surface area (Å²) in [5.74, 6) is -0.889. The SMILES string of the molecule is CC/C=C\C/C=C\C/C=C\C/C=C\C/C=C\CCCCCCCCCCCC(=O)OCC(COC(=O)CCCCCCC/C=C\C/C=C\CCCC)OC(=O)CCCCCCCCCCCCCCCCCC. The van der Waals surface area contributed by atoms with Gasteiger partial charge in [-0.15, -0.1) is 0 Å². The van der Waals surface area contributed by atoms with Crippen molar-refractivity contribution in [2.75, 3.05) is 13.2 Å². The van der Waals surface area contributed by atoms with Crippen LogP contribution in [-0.2, 0) is 28.6 Å². The first-order chi connectivity index (χ1) is 36.0. The second-order valence-corrected chi connectivity index (χ2v) is 20.6. The largest absolute Gasteiger partial charge is 0.462 e. The van der Waals surface area contributed by atoms with Gasteiger partial charge in [0.1, 0.15) is 13.2 Å². The van der Waals surface area contributed by atoms with Crippen molar-refractivity contribution in [1.82, 2.24) is 0 Å². The number of carbonyl (C=O) groups excluding carboxylic acids is 3. The number of hydrogen-bond donors (Lipinski definition) is 0. The summed E-state index contributed by atoms with van der Waals surface area (Å²) in [5.41, 5.74) is 0. The summed E-state index contributed by atoms with van der Waals surface area (Å²) in [4.78, 5) is 38.3. The molecule has 73 heavy (non-hydrogen) atoms. The Hall–Kier alpha value is -3.41. The van der Waals surface area contributed by atoms with Crippen molar-refractivity contribution in [1.29, 1.82) is 0 Å². The highest BCUT2D eigenvalue weighted by atomic mass is 16.6. The molecule has 0 spiro atoms. The van der Waals surface area contributed by atoms with Gasteiger partial charge in [-0.2, -0.15) is 0 Å². The molecule has 0 fully saturated rings. The van der Waals surface area contributed by atoms with E-state index in [1.807, 2.05) is 0 Å². The molecule has 0 aliphatic rings. The molecule has 0 bridgehead atoms. The lowest BCUT2D eigenvalue weighted by atomic mass is 10.0. The molecule has 6 heteroatoms. The van der Waals surface area contributed by atoms with Gasteiger partial charge in [0.05, 0.1) is 0 Å². The van der Waals surface area contributed by atoms with Crippen LogP contribution in [0.25, 0.3) is 0 Å². The summed E-state index contributed by atoms with van der Waals surface area (Å²) in [5, 5.41) is 0. The smallest absolute Gasteiger partial charge is 0.306 e.